The highest BCUT2D eigenvalue weighted by atomic mass is 16.5. The van der Waals surface area contributed by atoms with Gasteiger partial charge in [0.1, 0.15) is 11.5 Å². The first kappa shape index (κ1) is 13.1. The molecule has 0 unspecified atom stereocenters. The largest absolute Gasteiger partial charge is 0.497 e. The van der Waals surface area contributed by atoms with E-state index in [-0.39, 0.29) is 0 Å². The molecule has 0 spiro atoms. The summed E-state index contributed by atoms with van der Waals surface area (Å²) in [6, 6.07) is 5.31. The van der Waals surface area contributed by atoms with Crippen molar-refractivity contribution in [2.24, 2.45) is 0 Å². The zero-order valence-electron chi connectivity index (χ0n) is 10.2. The van der Waals surface area contributed by atoms with Crippen LogP contribution in [0.3, 0.4) is 0 Å². The molecule has 4 heteroatoms. The summed E-state index contributed by atoms with van der Waals surface area (Å²) in [6.07, 6.45) is 1.80. The second-order valence-corrected chi connectivity index (χ2v) is 3.43. The van der Waals surface area contributed by atoms with Crippen molar-refractivity contribution < 1.29 is 19.4 Å². The Kier molecular flexibility index (Phi) is 4.57. The molecule has 0 saturated heterocycles. The second kappa shape index (κ2) is 5.94. The van der Waals surface area contributed by atoms with Gasteiger partial charge in [0.05, 0.1) is 14.2 Å². The number of ether oxygens (including phenoxy) is 2. The monoisotopic (exact) mass is 236 g/mol. The third-order valence-corrected chi connectivity index (χ3v) is 2.43. The summed E-state index contributed by atoms with van der Waals surface area (Å²) in [5.41, 5.74) is 1.45. The normalized spacial score (nSPS) is 11.1. The van der Waals surface area contributed by atoms with Crippen LogP contribution < -0.4 is 9.47 Å². The van der Waals surface area contributed by atoms with E-state index in [1.165, 1.54) is 6.08 Å². The van der Waals surface area contributed by atoms with Gasteiger partial charge in [0.2, 0.25) is 0 Å². The minimum absolute atomic E-state index is 0.607. The first-order chi connectivity index (χ1) is 8.12. The van der Waals surface area contributed by atoms with Crippen molar-refractivity contribution in [1.29, 1.82) is 0 Å². The van der Waals surface area contributed by atoms with E-state index < -0.39 is 5.97 Å². The summed E-state index contributed by atoms with van der Waals surface area (Å²) in [5.74, 6) is 0.345. The van der Waals surface area contributed by atoms with Gasteiger partial charge < -0.3 is 14.6 Å². The van der Waals surface area contributed by atoms with E-state index in [1.807, 2.05) is 6.92 Å². The van der Waals surface area contributed by atoms with Gasteiger partial charge in [0, 0.05) is 11.6 Å². The fourth-order valence-corrected chi connectivity index (χ4v) is 1.58. The number of allylic oxidation sites excluding steroid dienone is 1. The number of carbonyl (C=O) groups is 1. The van der Waals surface area contributed by atoms with E-state index in [0.29, 0.717) is 23.5 Å². The molecule has 0 aliphatic heterocycles. The van der Waals surface area contributed by atoms with Gasteiger partial charge in [-0.15, -0.1) is 0 Å². The third kappa shape index (κ3) is 3.24. The zero-order chi connectivity index (χ0) is 12.8. The Hall–Kier alpha value is -1.97. The molecule has 0 heterocycles. The second-order valence-electron chi connectivity index (χ2n) is 3.43. The van der Waals surface area contributed by atoms with Crippen molar-refractivity contribution in [2.75, 3.05) is 14.2 Å². The predicted molar refractivity (Wildman–Crippen MR) is 65.4 cm³/mol. The number of hydrogen-bond acceptors (Lipinski definition) is 3. The molecule has 0 saturated carbocycles. The van der Waals surface area contributed by atoms with Crippen molar-refractivity contribution in [1.82, 2.24) is 0 Å². The lowest BCUT2D eigenvalue weighted by Crippen LogP contribution is -1.96. The molecule has 0 amide bonds. The quantitative estimate of drug-likeness (QED) is 0.798. The Labute approximate surface area is 100 Å². The molecule has 1 aromatic carbocycles. The average molecular weight is 236 g/mol. The van der Waals surface area contributed by atoms with Gasteiger partial charge in [0.15, 0.2) is 0 Å². The molecule has 0 aliphatic rings. The molecule has 92 valence electrons. The van der Waals surface area contributed by atoms with Gasteiger partial charge in [-0.05, 0) is 30.2 Å². The van der Waals surface area contributed by atoms with Crippen LogP contribution in [0, 0.1) is 0 Å². The minimum atomic E-state index is -0.966. The van der Waals surface area contributed by atoms with Crippen molar-refractivity contribution in [3.05, 3.63) is 29.8 Å². The fraction of sp³-hybridized carbons (Fsp3) is 0.308. The first-order valence-electron chi connectivity index (χ1n) is 5.28. The number of methoxy groups -OCH3 is 2. The van der Waals surface area contributed by atoms with Gasteiger partial charge in [-0.25, -0.2) is 4.79 Å². The molecule has 1 N–H and O–H groups in total. The molecule has 17 heavy (non-hydrogen) atoms. The molecule has 0 fully saturated rings. The number of carboxylic acid groups (broad SMARTS) is 1. The third-order valence-electron chi connectivity index (χ3n) is 2.43. The molecule has 0 atom stereocenters. The van der Waals surface area contributed by atoms with Crippen LogP contribution in [-0.2, 0) is 4.79 Å². The predicted octanol–water partition coefficient (Wildman–Crippen LogP) is 2.58. The number of aliphatic carboxylic acids is 1. The Balaban J connectivity index is 3.29. The topological polar surface area (TPSA) is 55.8 Å². The summed E-state index contributed by atoms with van der Waals surface area (Å²) in [6.45, 7) is 1.90. The van der Waals surface area contributed by atoms with Gasteiger partial charge >= 0.3 is 5.97 Å². The minimum Gasteiger partial charge on any atom is -0.497 e. The van der Waals surface area contributed by atoms with Crippen LogP contribution in [0.25, 0.3) is 5.57 Å². The van der Waals surface area contributed by atoms with Crippen molar-refractivity contribution in [3.63, 3.8) is 0 Å². The summed E-state index contributed by atoms with van der Waals surface area (Å²) in [4.78, 5) is 10.7. The van der Waals surface area contributed by atoms with E-state index in [0.717, 1.165) is 5.56 Å². The summed E-state index contributed by atoms with van der Waals surface area (Å²) >= 11 is 0. The Bertz CT molecular complexity index is 435. The fourth-order valence-electron chi connectivity index (χ4n) is 1.58. The standard InChI is InChI=1S/C13H16O4/c1-4-9(7-13(14)15)11-8-10(16-2)5-6-12(11)17-3/h5-8H,4H2,1-3H3,(H,14,15)/b9-7+. The lowest BCUT2D eigenvalue weighted by Gasteiger charge is -2.12. The van der Waals surface area contributed by atoms with E-state index in [9.17, 15) is 4.79 Å². The molecule has 1 rings (SSSR count). The van der Waals surface area contributed by atoms with E-state index >= 15 is 0 Å². The maximum absolute atomic E-state index is 10.7. The van der Waals surface area contributed by atoms with Crippen LogP contribution >= 0.6 is 0 Å². The number of rotatable bonds is 5. The first-order valence-corrected chi connectivity index (χ1v) is 5.28. The van der Waals surface area contributed by atoms with Gasteiger partial charge in [0.25, 0.3) is 0 Å². The maximum Gasteiger partial charge on any atom is 0.328 e. The van der Waals surface area contributed by atoms with Crippen LogP contribution in [0.2, 0.25) is 0 Å². The maximum atomic E-state index is 10.7. The molecule has 1 aromatic rings. The van der Waals surface area contributed by atoms with Crippen molar-refractivity contribution in [3.8, 4) is 11.5 Å². The van der Waals surface area contributed by atoms with Crippen molar-refractivity contribution in [2.45, 2.75) is 13.3 Å². The molecule has 0 bridgehead atoms. The molecular weight excluding hydrogens is 220 g/mol. The molecule has 4 nitrogen and oxygen atoms in total. The van der Waals surface area contributed by atoms with Crippen LogP contribution in [0.1, 0.15) is 18.9 Å². The van der Waals surface area contributed by atoms with Crippen LogP contribution in [0.4, 0.5) is 0 Å². The molecule has 0 aliphatic carbocycles. The number of hydrogen-bond donors (Lipinski definition) is 1. The Morgan fingerprint density at radius 3 is 2.53 bits per heavy atom. The van der Waals surface area contributed by atoms with Gasteiger partial charge in [-0.3, -0.25) is 0 Å². The van der Waals surface area contributed by atoms with Crippen LogP contribution in [0.5, 0.6) is 11.5 Å². The Morgan fingerprint density at radius 1 is 1.35 bits per heavy atom. The smallest absolute Gasteiger partial charge is 0.328 e. The van der Waals surface area contributed by atoms with Crippen molar-refractivity contribution >= 4 is 11.5 Å². The average Bonchev–Trinajstić information content (AvgIpc) is 2.34. The number of carboxylic acids is 1. The molecule has 0 aromatic heterocycles. The van der Waals surface area contributed by atoms with E-state index in [4.69, 9.17) is 14.6 Å². The SMILES string of the molecule is CC/C(=C\C(=O)O)c1cc(OC)ccc1OC. The highest BCUT2D eigenvalue weighted by Gasteiger charge is 2.10. The van der Waals surface area contributed by atoms with Crippen LogP contribution in [-0.4, -0.2) is 25.3 Å². The lowest BCUT2D eigenvalue weighted by molar-refractivity contribution is -0.131. The number of benzene rings is 1. The van der Waals surface area contributed by atoms with Crippen LogP contribution in [0.15, 0.2) is 24.3 Å². The highest BCUT2D eigenvalue weighted by molar-refractivity contribution is 5.91. The highest BCUT2D eigenvalue weighted by Crippen LogP contribution is 2.31. The summed E-state index contributed by atoms with van der Waals surface area (Å²) < 4.78 is 10.3. The van der Waals surface area contributed by atoms with Gasteiger partial charge in [-0.1, -0.05) is 6.92 Å². The van der Waals surface area contributed by atoms with Gasteiger partial charge in [-0.2, -0.15) is 0 Å². The summed E-state index contributed by atoms with van der Waals surface area (Å²) in [7, 11) is 3.12. The molecule has 0 radical (unpaired) electrons. The van der Waals surface area contributed by atoms with E-state index in [2.05, 4.69) is 0 Å². The Morgan fingerprint density at radius 2 is 2.06 bits per heavy atom. The van der Waals surface area contributed by atoms with E-state index in [1.54, 1.807) is 32.4 Å². The molecular formula is C13H16O4. The lowest BCUT2D eigenvalue weighted by atomic mass is 10.0. The zero-order valence-corrected chi connectivity index (χ0v) is 10.2. The summed E-state index contributed by atoms with van der Waals surface area (Å²) in [5, 5.41) is 8.82.